The molecule has 0 radical (unpaired) electrons. The molecule has 7 heteroatoms. The minimum Gasteiger partial charge on any atom is -0.481 e. The maximum atomic E-state index is 11.2. The van der Waals surface area contributed by atoms with Gasteiger partial charge >= 0.3 is 11.9 Å². The maximum Gasteiger partial charge on any atom is 0.321 e. The monoisotopic (exact) mass is 311 g/mol. The zero-order valence-corrected chi connectivity index (χ0v) is 12.0. The van der Waals surface area contributed by atoms with Crippen molar-refractivity contribution in [3.63, 3.8) is 0 Å². The molecule has 1 saturated heterocycles. The van der Waals surface area contributed by atoms with Crippen LogP contribution in [0.5, 0.6) is 0 Å². The second-order valence-electron chi connectivity index (χ2n) is 4.94. The zero-order valence-electron chi connectivity index (χ0n) is 11.2. The van der Waals surface area contributed by atoms with Gasteiger partial charge in [-0.1, -0.05) is 12.1 Å². The van der Waals surface area contributed by atoms with Gasteiger partial charge in [0.1, 0.15) is 6.04 Å². The first-order valence-electron chi connectivity index (χ1n) is 6.55. The topological polar surface area (TPSA) is 107 Å². The molecule has 0 bridgehead atoms. The SMILES string of the molecule is O=C(O)C[C@@H]1C(C(=O)O)NC[C@@H]1Sc1ccc(CO)cc1. The molecule has 0 aromatic heterocycles. The van der Waals surface area contributed by atoms with E-state index in [-0.39, 0.29) is 18.3 Å². The summed E-state index contributed by atoms with van der Waals surface area (Å²) in [4.78, 5) is 23.1. The molecule has 0 amide bonds. The van der Waals surface area contributed by atoms with E-state index in [0.717, 1.165) is 10.5 Å². The van der Waals surface area contributed by atoms with Crippen LogP contribution in [-0.4, -0.2) is 45.1 Å². The maximum absolute atomic E-state index is 11.2. The average Bonchev–Trinajstić information content (AvgIpc) is 2.82. The molecule has 6 nitrogen and oxygen atoms in total. The van der Waals surface area contributed by atoms with Crippen LogP contribution in [0.15, 0.2) is 29.2 Å². The van der Waals surface area contributed by atoms with Gasteiger partial charge in [-0.3, -0.25) is 9.59 Å². The van der Waals surface area contributed by atoms with Gasteiger partial charge in [0.25, 0.3) is 0 Å². The summed E-state index contributed by atoms with van der Waals surface area (Å²) in [5, 5.41) is 29.9. The van der Waals surface area contributed by atoms with E-state index in [2.05, 4.69) is 5.32 Å². The van der Waals surface area contributed by atoms with Crippen LogP contribution in [0.3, 0.4) is 0 Å². The Kier molecular flexibility index (Phi) is 5.22. The molecule has 1 aromatic carbocycles. The first-order valence-corrected chi connectivity index (χ1v) is 7.43. The lowest BCUT2D eigenvalue weighted by Crippen LogP contribution is -2.37. The molecular formula is C14H17NO5S. The number of benzene rings is 1. The Morgan fingerprint density at radius 2 is 1.90 bits per heavy atom. The van der Waals surface area contributed by atoms with E-state index in [1.54, 1.807) is 12.1 Å². The van der Waals surface area contributed by atoms with Crippen molar-refractivity contribution < 1.29 is 24.9 Å². The molecule has 114 valence electrons. The summed E-state index contributed by atoms with van der Waals surface area (Å²) < 4.78 is 0. The molecule has 0 aliphatic carbocycles. The van der Waals surface area contributed by atoms with Crippen LogP contribution in [-0.2, 0) is 16.2 Å². The highest BCUT2D eigenvalue weighted by Gasteiger charge is 2.41. The van der Waals surface area contributed by atoms with Gasteiger partial charge in [0.05, 0.1) is 13.0 Å². The number of carboxylic acid groups (broad SMARTS) is 2. The van der Waals surface area contributed by atoms with Crippen LogP contribution in [0.25, 0.3) is 0 Å². The van der Waals surface area contributed by atoms with Crippen molar-refractivity contribution in [3.05, 3.63) is 29.8 Å². The summed E-state index contributed by atoms with van der Waals surface area (Å²) in [7, 11) is 0. The number of nitrogens with one attached hydrogen (secondary N) is 1. The highest BCUT2D eigenvalue weighted by Crippen LogP contribution is 2.35. The van der Waals surface area contributed by atoms with Gasteiger partial charge in [-0.2, -0.15) is 0 Å². The number of thioether (sulfide) groups is 1. The molecule has 4 N–H and O–H groups in total. The van der Waals surface area contributed by atoms with E-state index in [0.29, 0.717) is 6.54 Å². The molecular weight excluding hydrogens is 294 g/mol. The third-order valence-electron chi connectivity index (χ3n) is 3.51. The molecule has 1 heterocycles. The van der Waals surface area contributed by atoms with E-state index >= 15 is 0 Å². The molecule has 1 aromatic rings. The van der Waals surface area contributed by atoms with E-state index < -0.39 is 23.9 Å². The van der Waals surface area contributed by atoms with Gasteiger partial charge in [0.2, 0.25) is 0 Å². The summed E-state index contributed by atoms with van der Waals surface area (Å²) in [6.07, 6.45) is -0.170. The zero-order chi connectivity index (χ0) is 15.4. The van der Waals surface area contributed by atoms with Crippen LogP contribution < -0.4 is 5.32 Å². The van der Waals surface area contributed by atoms with Gasteiger partial charge in [0, 0.05) is 22.6 Å². The van der Waals surface area contributed by atoms with Crippen LogP contribution in [0.2, 0.25) is 0 Å². The second-order valence-corrected chi connectivity index (χ2v) is 6.26. The standard InChI is InChI=1S/C14H17NO5S/c16-7-8-1-3-9(4-2-8)21-11-6-15-13(14(19)20)10(11)5-12(17)18/h1-4,10-11,13,15-16H,5-7H2,(H,17,18)(H,19,20)/t10-,11-,13?/m0/s1. The Morgan fingerprint density at radius 3 is 2.43 bits per heavy atom. The third kappa shape index (κ3) is 3.96. The molecule has 0 spiro atoms. The molecule has 21 heavy (non-hydrogen) atoms. The van der Waals surface area contributed by atoms with Crippen LogP contribution >= 0.6 is 11.8 Å². The highest BCUT2D eigenvalue weighted by molar-refractivity contribution is 8.00. The van der Waals surface area contributed by atoms with Crippen molar-refractivity contribution in [1.29, 1.82) is 0 Å². The Bertz CT molecular complexity index is 519. The van der Waals surface area contributed by atoms with E-state index in [1.165, 1.54) is 11.8 Å². The van der Waals surface area contributed by atoms with Crippen molar-refractivity contribution in [1.82, 2.24) is 5.32 Å². The lowest BCUT2D eigenvalue weighted by atomic mass is 9.96. The van der Waals surface area contributed by atoms with Gasteiger partial charge in [0.15, 0.2) is 0 Å². The van der Waals surface area contributed by atoms with E-state index in [4.69, 9.17) is 15.3 Å². The van der Waals surface area contributed by atoms with Crippen LogP contribution in [0.4, 0.5) is 0 Å². The normalized spacial score (nSPS) is 24.9. The van der Waals surface area contributed by atoms with Crippen LogP contribution in [0.1, 0.15) is 12.0 Å². The Hall–Kier alpha value is -1.57. The van der Waals surface area contributed by atoms with E-state index in [1.807, 2.05) is 12.1 Å². The van der Waals surface area contributed by atoms with Gasteiger partial charge in [-0.25, -0.2) is 0 Å². The fraction of sp³-hybridized carbons (Fsp3) is 0.429. The first kappa shape index (κ1) is 15.8. The van der Waals surface area contributed by atoms with Crippen molar-refractivity contribution >= 4 is 23.7 Å². The lowest BCUT2D eigenvalue weighted by Gasteiger charge is -2.19. The van der Waals surface area contributed by atoms with Crippen molar-refractivity contribution in [2.24, 2.45) is 5.92 Å². The number of aliphatic carboxylic acids is 2. The van der Waals surface area contributed by atoms with Gasteiger partial charge in [-0.05, 0) is 17.7 Å². The molecule has 1 aliphatic rings. The van der Waals surface area contributed by atoms with E-state index in [9.17, 15) is 9.59 Å². The quantitative estimate of drug-likeness (QED) is 0.615. The number of carbonyl (C=O) groups is 2. The minimum atomic E-state index is -1.01. The molecule has 1 fully saturated rings. The lowest BCUT2D eigenvalue weighted by molar-refractivity contribution is -0.141. The second kappa shape index (κ2) is 6.93. The fourth-order valence-corrected chi connectivity index (χ4v) is 3.71. The largest absolute Gasteiger partial charge is 0.481 e. The third-order valence-corrected chi connectivity index (χ3v) is 4.88. The summed E-state index contributed by atoms with van der Waals surface area (Å²) in [6.45, 7) is 0.431. The van der Waals surface area contributed by atoms with Crippen molar-refractivity contribution in [2.45, 2.75) is 29.2 Å². The number of carboxylic acids is 2. The Morgan fingerprint density at radius 1 is 1.24 bits per heavy atom. The summed E-state index contributed by atoms with van der Waals surface area (Å²) in [6, 6.07) is 6.47. The van der Waals surface area contributed by atoms with Crippen molar-refractivity contribution in [3.8, 4) is 0 Å². The average molecular weight is 311 g/mol. The molecule has 1 unspecified atom stereocenters. The van der Waals surface area contributed by atoms with Gasteiger partial charge < -0.3 is 20.6 Å². The Balaban J connectivity index is 2.09. The minimum absolute atomic E-state index is 0.0291. The molecule has 0 saturated carbocycles. The summed E-state index contributed by atoms with van der Waals surface area (Å²) >= 11 is 1.47. The summed E-state index contributed by atoms with van der Waals surface area (Å²) in [5.41, 5.74) is 0.800. The number of hydrogen-bond acceptors (Lipinski definition) is 5. The predicted octanol–water partition coefficient (Wildman–Crippen LogP) is 0.787. The van der Waals surface area contributed by atoms with Crippen LogP contribution in [0, 0.1) is 5.92 Å². The highest BCUT2D eigenvalue weighted by atomic mass is 32.2. The Labute approximate surface area is 126 Å². The molecule has 1 aliphatic heterocycles. The molecule has 3 atom stereocenters. The predicted molar refractivity (Wildman–Crippen MR) is 77.2 cm³/mol. The number of aliphatic hydroxyl groups excluding tert-OH is 1. The number of hydrogen-bond donors (Lipinski definition) is 4. The summed E-state index contributed by atoms with van der Waals surface area (Å²) in [5.74, 6) is -2.46. The number of aliphatic hydroxyl groups is 1. The first-order chi connectivity index (χ1) is 10.0. The molecule has 2 rings (SSSR count). The van der Waals surface area contributed by atoms with Gasteiger partial charge in [-0.15, -0.1) is 11.8 Å². The van der Waals surface area contributed by atoms with Crippen molar-refractivity contribution in [2.75, 3.05) is 6.54 Å². The smallest absolute Gasteiger partial charge is 0.321 e. The fourth-order valence-electron chi connectivity index (χ4n) is 2.46. The number of rotatable bonds is 6.